The molecule has 0 saturated heterocycles. The number of benzene rings is 2. The van der Waals surface area contributed by atoms with Crippen LogP contribution >= 0.6 is 11.6 Å². The minimum Gasteiger partial charge on any atom is -0.497 e. The van der Waals surface area contributed by atoms with Crippen molar-refractivity contribution in [3.63, 3.8) is 0 Å². The number of carbonyl (C=O) groups excluding carboxylic acids is 1. The van der Waals surface area contributed by atoms with Gasteiger partial charge in [0.1, 0.15) is 11.5 Å². The largest absolute Gasteiger partial charge is 0.497 e. The molecule has 0 spiro atoms. The molecule has 2 aromatic rings. The van der Waals surface area contributed by atoms with Gasteiger partial charge in [-0.25, -0.2) is 0 Å². The molecule has 2 rings (SSSR count). The molecule has 0 heterocycles. The Morgan fingerprint density at radius 3 is 2.38 bits per heavy atom. The molecular formula is C17H15ClO3. The van der Waals surface area contributed by atoms with Crippen molar-refractivity contribution >= 4 is 23.5 Å². The summed E-state index contributed by atoms with van der Waals surface area (Å²) in [4.78, 5) is 12.1. The summed E-state index contributed by atoms with van der Waals surface area (Å²) in [6.07, 6.45) is 3.21. The SMILES string of the molecule is COc1ccc(OC)c(C=CC(=O)c2ccc(Cl)cc2)c1. The van der Waals surface area contributed by atoms with Crippen LogP contribution in [-0.4, -0.2) is 20.0 Å². The second kappa shape index (κ2) is 6.95. The molecule has 0 fully saturated rings. The topological polar surface area (TPSA) is 35.5 Å². The lowest BCUT2D eigenvalue weighted by atomic mass is 10.1. The van der Waals surface area contributed by atoms with Crippen LogP contribution in [0.2, 0.25) is 5.02 Å². The van der Waals surface area contributed by atoms with Crippen molar-refractivity contribution in [2.24, 2.45) is 0 Å². The number of hydrogen-bond donors (Lipinski definition) is 0. The quantitative estimate of drug-likeness (QED) is 0.612. The maximum Gasteiger partial charge on any atom is 0.185 e. The molecule has 21 heavy (non-hydrogen) atoms. The van der Waals surface area contributed by atoms with E-state index in [1.165, 1.54) is 6.08 Å². The fourth-order valence-corrected chi connectivity index (χ4v) is 1.97. The minimum absolute atomic E-state index is 0.100. The Bertz CT molecular complexity index is 660. The molecule has 0 saturated carbocycles. The monoisotopic (exact) mass is 302 g/mol. The van der Waals surface area contributed by atoms with Gasteiger partial charge in [-0.1, -0.05) is 11.6 Å². The number of carbonyl (C=O) groups is 1. The van der Waals surface area contributed by atoms with Crippen LogP contribution in [0, 0.1) is 0 Å². The summed E-state index contributed by atoms with van der Waals surface area (Å²) in [6, 6.07) is 12.2. The molecule has 0 bridgehead atoms. The van der Waals surface area contributed by atoms with Crippen LogP contribution in [0.4, 0.5) is 0 Å². The lowest BCUT2D eigenvalue weighted by molar-refractivity contribution is 0.104. The van der Waals surface area contributed by atoms with Gasteiger partial charge in [0.05, 0.1) is 14.2 Å². The maximum absolute atomic E-state index is 12.1. The molecule has 0 amide bonds. The second-order valence-electron chi connectivity index (χ2n) is 4.31. The van der Waals surface area contributed by atoms with E-state index in [0.29, 0.717) is 22.1 Å². The fraction of sp³-hybridized carbons (Fsp3) is 0.118. The first-order valence-electron chi connectivity index (χ1n) is 6.34. The summed E-state index contributed by atoms with van der Waals surface area (Å²) in [5.41, 5.74) is 1.36. The van der Waals surface area contributed by atoms with E-state index < -0.39 is 0 Å². The number of rotatable bonds is 5. The Morgan fingerprint density at radius 2 is 1.76 bits per heavy atom. The molecule has 4 heteroatoms. The molecule has 3 nitrogen and oxygen atoms in total. The number of hydrogen-bond acceptors (Lipinski definition) is 3. The van der Waals surface area contributed by atoms with Gasteiger partial charge >= 0.3 is 0 Å². The van der Waals surface area contributed by atoms with E-state index in [2.05, 4.69) is 0 Å². The highest BCUT2D eigenvalue weighted by molar-refractivity contribution is 6.30. The lowest BCUT2D eigenvalue weighted by Crippen LogP contribution is -1.94. The van der Waals surface area contributed by atoms with Crippen LogP contribution in [0.1, 0.15) is 15.9 Å². The first-order chi connectivity index (χ1) is 10.1. The normalized spacial score (nSPS) is 10.6. The third kappa shape index (κ3) is 3.86. The van der Waals surface area contributed by atoms with Gasteiger partial charge in [-0.2, -0.15) is 0 Å². The van der Waals surface area contributed by atoms with Crippen molar-refractivity contribution in [1.82, 2.24) is 0 Å². The van der Waals surface area contributed by atoms with Crippen molar-refractivity contribution in [3.05, 3.63) is 64.7 Å². The zero-order valence-corrected chi connectivity index (χ0v) is 12.6. The summed E-state index contributed by atoms with van der Waals surface area (Å²) < 4.78 is 10.4. The first kappa shape index (κ1) is 15.1. The Hall–Kier alpha value is -2.26. The number of ketones is 1. The fourth-order valence-electron chi connectivity index (χ4n) is 1.85. The Labute approximate surface area is 128 Å². The predicted molar refractivity (Wildman–Crippen MR) is 84.4 cm³/mol. The van der Waals surface area contributed by atoms with Crippen LogP contribution in [0.3, 0.4) is 0 Å². The zero-order chi connectivity index (χ0) is 15.2. The van der Waals surface area contributed by atoms with E-state index >= 15 is 0 Å². The van der Waals surface area contributed by atoms with Gasteiger partial charge in [-0.3, -0.25) is 4.79 Å². The zero-order valence-electron chi connectivity index (χ0n) is 11.8. The van der Waals surface area contributed by atoms with Gasteiger partial charge in [0.25, 0.3) is 0 Å². The van der Waals surface area contributed by atoms with Crippen molar-refractivity contribution in [2.45, 2.75) is 0 Å². The predicted octanol–water partition coefficient (Wildman–Crippen LogP) is 4.25. The van der Waals surface area contributed by atoms with E-state index in [9.17, 15) is 4.79 Å². The molecular weight excluding hydrogens is 288 g/mol. The van der Waals surface area contributed by atoms with Crippen molar-refractivity contribution in [1.29, 1.82) is 0 Å². The number of ether oxygens (including phenoxy) is 2. The van der Waals surface area contributed by atoms with Crippen LogP contribution in [0.5, 0.6) is 11.5 Å². The third-order valence-corrected chi connectivity index (χ3v) is 3.23. The minimum atomic E-state index is -0.100. The Morgan fingerprint density at radius 1 is 1.05 bits per heavy atom. The number of halogens is 1. The smallest absolute Gasteiger partial charge is 0.185 e. The van der Waals surface area contributed by atoms with Gasteiger partial charge < -0.3 is 9.47 Å². The summed E-state index contributed by atoms with van der Waals surface area (Å²) in [5, 5.41) is 0.602. The molecule has 0 radical (unpaired) electrons. The summed E-state index contributed by atoms with van der Waals surface area (Å²) in [7, 11) is 3.17. The first-order valence-corrected chi connectivity index (χ1v) is 6.72. The molecule has 0 aliphatic rings. The highest BCUT2D eigenvalue weighted by atomic mass is 35.5. The summed E-state index contributed by atoms with van der Waals surface area (Å²) in [5.74, 6) is 1.28. The second-order valence-corrected chi connectivity index (χ2v) is 4.75. The van der Waals surface area contributed by atoms with E-state index in [4.69, 9.17) is 21.1 Å². The number of allylic oxidation sites excluding steroid dienone is 1. The average molecular weight is 303 g/mol. The molecule has 0 unspecified atom stereocenters. The molecule has 0 aliphatic carbocycles. The molecule has 2 aromatic carbocycles. The molecule has 0 N–H and O–H groups in total. The van der Waals surface area contributed by atoms with Crippen molar-refractivity contribution < 1.29 is 14.3 Å². The molecule has 108 valence electrons. The van der Waals surface area contributed by atoms with Crippen LogP contribution in [0.15, 0.2) is 48.5 Å². The molecule has 0 aliphatic heterocycles. The van der Waals surface area contributed by atoms with E-state index in [1.54, 1.807) is 56.7 Å². The van der Waals surface area contributed by atoms with Gasteiger partial charge in [0.2, 0.25) is 0 Å². The van der Waals surface area contributed by atoms with Crippen LogP contribution in [-0.2, 0) is 0 Å². The van der Waals surface area contributed by atoms with E-state index in [-0.39, 0.29) is 5.78 Å². The Kier molecular flexibility index (Phi) is 5.01. The van der Waals surface area contributed by atoms with Gasteiger partial charge in [0.15, 0.2) is 5.78 Å². The number of methoxy groups -OCH3 is 2. The van der Waals surface area contributed by atoms with Crippen LogP contribution < -0.4 is 9.47 Å². The van der Waals surface area contributed by atoms with E-state index in [1.807, 2.05) is 6.07 Å². The lowest BCUT2D eigenvalue weighted by Gasteiger charge is -2.07. The highest BCUT2D eigenvalue weighted by Gasteiger charge is 2.04. The van der Waals surface area contributed by atoms with Gasteiger partial charge in [-0.15, -0.1) is 0 Å². The summed E-state index contributed by atoms with van der Waals surface area (Å²) in [6.45, 7) is 0. The highest BCUT2D eigenvalue weighted by Crippen LogP contribution is 2.25. The van der Waals surface area contributed by atoms with Gasteiger partial charge in [-0.05, 0) is 54.6 Å². The standard InChI is InChI=1S/C17H15ClO3/c1-20-15-8-10-17(21-2)13(11-15)5-9-16(19)12-3-6-14(18)7-4-12/h3-11H,1-2H3. The third-order valence-electron chi connectivity index (χ3n) is 2.98. The van der Waals surface area contributed by atoms with E-state index in [0.717, 1.165) is 5.56 Å². The van der Waals surface area contributed by atoms with Gasteiger partial charge in [0, 0.05) is 16.1 Å². The Balaban J connectivity index is 2.24. The average Bonchev–Trinajstić information content (AvgIpc) is 2.52. The molecule has 0 atom stereocenters. The maximum atomic E-state index is 12.1. The van der Waals surface area contributed by atoms with Crippen LogP contribution in [0.25, 0.3) is 6.08 Å². The van der Waals surface area contributed by atoms with Crippen molar-refractivity contribution in [2.75, 3.05) is 14.2 Å². The van der Waals surface area contributed by atoms with Crippen molar-refractivity contribution in [3.8, 4) is 11.5 Å². The molecule has 0 aromatic heterocycles. The summed E-state index contributed by atoms with van der Waals surface area (Å²) >= 11 is 5.80.